The van der Waals surface area contributed by atoms with Gasteiger partial charge in [0.25, 0.3) is 0 Å². The molecule has 6 nitrogen and oxygen atoms in total. The Morgan fingerprint density at radius 3 is 3.14 bits per heavy atom. The van der Waals surface area contributed by atoms with Gasteiger partial charge >= 0.3 is 0 Å². The summed E-state index contributed by atoms with van der Waals surface area (Å²) in [5.41, 5.74) is 2.51. The third-order valence-electron chi connectivity index (χ3n) is 4.34. The molecule has 0 aliphatic carbocycles. The van der Waals surface area contributed by atoms with Crippen molar-refractivity contribution in [2.45, 2.75) is 19.4 Å². The van der Waals surface area contributed by atoms with E-state index < -0.39 is 0 Å². The number of nitriles is 1. The Morgan fingerprint density at radius 1 is 1.50 bits per heavy atom. The SMILES string of the molecule is N#Cc1ccc2ncc(CNCC3(CCO)CCOC3)n2c1. The Morgan fingerprint density at radius 2 is 2.41 bits per heavy atom. The molecule has 0 spiro atoms. The maximum atomic E-state index is 9.25. The fraction of sp³-hybridized carbons (Fsp3) is 0.500. The average molecular weight is 300 g/mol. The number of hydrogen-bond donors (Lipinski definition) is 2. The van der Waals surface area contributed by atoms with Crippen molar-refractivity contribution in [3.05, 3.63) is 35.8 Å². The number of aromatic nitrogens is 2. The zero-order chi connectivity index (χ0) is 15.4. The summed E-state index contributed by atoms with van der Waals surface area (Å²) < 4.78 is 7.44. The van der Waals surface area contributed by atoms with Gasteiger partial charge < -0.3 is 19.6 Å². The standard InChI is InChI=1S/C16H20N4O2/c17-7-13-1-2-15-19-9-14(20(15)10-13)8-18-11-16(3-5-21)4-6-22-12-16/h1-2,9-10,18,21H,3-6,8,11-12H2. The maximum absolute atomic E-state index is 9.25. The molecule has 1 fully saturated rings. The van der Waals surface area contributed by atoms with Gasteiger partial charge in [-0.2, -0.15) is 5.26 Å². The van der Waals surface area contributed by atoms with Crippen LogP contribution in [0, 0.1) is 16.7 Å². The van der Waals surface area contributed by atoms with Crippen LogP contribution in [-0.2, 0) is 11.3 Å². The van der Waals surface area contributed by atoms with E-state index in [1.54, 1.807) is 6.07 Å². The van der Waals surface area contributed by atoms with Crippen LogP contribution in [0.5, 0.6) is 0 Å². The van der Waals surface area contributed by atoms with Crippen molar-refractivity contribution in [3.63, 3.8) is 0 Å². The van der Waals surface area contributed by atoms with Crippen molar-refractivity contribution in [1.29, 1.82) is 5.26 Å². The molecule has 1 aliphatic heterocycles. The summed E-state index contributed by atoms with van der Waals surface area (Å²) in [6.07, 6.45) is 5.37. The van der Waals surface area contributed by atoms with Crippen molar-refractivity contribution in [2.24, 2.45) is 5.41 Å². The van der Waals surface area contributed by atoms with E-state index in [0.717, 1.165) is 37.3 Å². The lowest BCUT2D eigenvalue weighted by atomic mass is 9.84. The molecule has 6 heteroatoms. The number of aliphatic hydroxyl groups is 1. The summed E-state index contributed by atoms with van der Waals surface area (Å²) >= 11 is 0. The second kappa shape index (κ2) is 6.44. The van der Waals surface area contributed by atoms with Gasteiger partial charge in [0.1, 0.15) is 11.7 Å². The molecule has 116 valence electrons. The number of fused-ring (bicyclic) bond motifs is 1. The third-order valence-corrected chi connectivity index (χ3v) is 4.34. The lowest BCUT2D eigenvalue weighted by molar-refractivity contribution is 0.124. The van der Waals surface area contributed by atoms with Gasteiger partial charge in [-0.25, -0.2) is 4.98 Å². The summed E-state index contributed by atoms with van der Waals surface area (Å²) in [5.74, 6) is 0. The number of pyridine rings is 1. The van der Waals surface area contributed by atoms with Crippen LogP contribution < -0.4 is 5.32 Å². The molecule has 22 heavy (non-hydrogen) atoms. The minimum atomic E-state index is 0.0348. The molecule has 3 heterocycles. The molecular weight excluding hydrogens is 280 g/mol. The molecule has 3 rings (SSSR count). The first-order valence-corrected chi connectivity index (χ1v) is 7.52. The average Bonchev–Trinajstić information content (AvgIpc) is 3.15. The number of ether oxygens (including phenoxy) is 1. The summed E-state index contributed by atoms with van der Waals surface area (Å²) in [7, 11) is 0. The molecule has 0 bridgehead atoms. The monoisotopic (exact) mass is 300 g/mol. The molecule has 0 aromatic carbocycles. The van der Waals surface area contributed by atoms with Crippen molar-refractivity contribution in [1.82, 2.24) is 14.7 Å². The van der Waals surface area contributed by atoms with Gasteiger partial charge in [-0.3, -0.25) is 0 Å². The first kappa shape index (κ1) is 15.0. The number of rotatable bonds is 6. The minimum Gasteiger partial charge on any atom is -0.396 e. The van der Waals surface area contributed by atoms with E-state index in [1.807, 2.05) is 22.9 Å². The highest BCUT2D eigenvalue weighted by atomic mass is 16.5. The number of imidazole rings is 1. The normalized spacial score (nSPS) is 21.3. The number of nitrogens with one attached hydrogen (secondary N) is 1. The number of nitrogens with zero attached hydrogens (tertiary/aromatic N) is 3. The van der Waals surface area contributed by atoms with Crippen LogP contribution in [0.1, 0.15) is 24.1 Å². The van der Waals surface area contributed by atoms with Crippen LogP contribution in [0.4, 0.5) is 0 Å². The van der Waals surface area contributed by atoms with Crippen molar-refractivity contribution < 1.29 is 9.84 Å². The summed E-state index contributed by atoms with van der Waals surface area (Å²) in [5, 5.41) is 21.7. The van der Waals surface area contributed by atoms with Crippen LogP contribution >= 0.6 is 0 Å². The topological polar surface area (TPSA) is 82.6 Å². The lowest BCUT2D eigenvalue weighted by Crippen LogP contribution is -2.35. The second-order valence-corrected chi connectivity index (χ2v) is 5.89. The predicted molar refractivity (Wildman–Crippen MR) is 81.2 cm³/mol. The third kappa shape index (κ3) is 2.97. The van der Waals surface area contributed by atoms with E-state index in [-0.39, 0.29) is 12.0 Å². The van der Waals surface area contributed by atoms with E-state index >= 15 is 0 Å². The number of aliphatic hydroxyl groups excluding tert-OH is 1. The van der Waals surface area contributed by atoms with Gasteiger partial charge in [-0.05, 0) is 25.0 Å². The highest BCUT2D eigenvalue weighted by Crippen LogP contribution is 2.31. The highest BCUT2D eigenvalue weighted by molar-refractivity contribution is 5.44. The number of hydrogen-bond acceptors (Lipinski definition) is 5. The Labute approximate surface area is 129 Å². The molecule has 0 saturated carbocycles. The Balaban J connectivity index is 1.67. The van der Waals surface area contributed by atoms with Gasteiger partial charge in [-0.1, -0.05) is 0 Å². The summed E-state index contributed by atoms with van der Waals surface area (Å²) in [4.78, 5) is 4.35. The van der Waals surface area contributed by atoms with Gasteiger partial charge in [-0.15, -0.1) is 0 Å². The highest BCUT2D eigenvalue weighted by Gasteiger charge is 2.33. The zero-order valence-corrected chi connectivity index (χ0v) is 12.5. The van der Waals surface area contributed by atoms with Crippen molar-refractivity contribution in [3.8, 4) is 6.07 Å². The first-order chi connectivity index (χ1) is 10.8. The largest absolute Gasteiger partial charge is 0.396 e. The smallest absolute Gasteiger partial charge is 0.137 e. The van der Waals surface area contributed by atoms with Crippen LogP contribution in [0.2, 0.25) is 0 Å². The molecule has 1 unspecified atom stereocenters. The molecule has 1 saturated heterocycles. The lowest BCUT2D eigenvalue weighted by Gasteiger charge is -2.26. The molecule has 1 atom stereocenters. The maximum Gasteiger partial charge on any atom is 0.137 e. The Hall–Kier alpha value is -1.94. The zero-order valence-electron chi connectivity index (χ0n) is 12.5. The van der Waals surface area contributed by atoms with Crippen molar-refractivity contribution >= 4 is 5.65 Å². The molecule has 2 aromatic heterocycles. The molecule has 2 aromatic rings. The fourth-order valence-corrected chi connectivity index (χ4v) is 3.00. The molecule has 1 aliphatic rings. The van der Waals surface area contributed by atoms with E-state index in [0.29, 0.717) is 18.7 Å². The molecular formula is C16H20N4O2. The van der Waals surface area contributed by atoms with Gasteiger partial charge in [0.15, 0.2) is 0 Å². The van der Waals surface area contributed by atoms with E-state index in [4.69, 9.17) is 10.00 Å². The van der Waals surface area contributed by atoms with E-state index in [2.05, 4.69) is 16.4 Å². The van der Waals surface area contributed by atoms with Crippen LogP contribution in [0.15, 0.2) is 24.5 Å². The first-order valence-electron chi connectivity index (χ1n) is 7.52. The summed E-state index contributed by atoms with van der Waals surface area (Å²) in [6, 6.07) is 5.76. The fourth-order valence-electron chi connectivity index (χ4n) is 3.00. The van der Waals surface area contributed by atoms with Gasteiger partial charge in [0.05, 0.1) is 24.1 Å². The Kier molecular flexibility index (Phi) is 4.39. The minimum absolute atomic E-state index is 0.0348. The van der Waals surface area contributed by atoms with Gasteiger partial charge in [0.2, 0.25) is 0 Å². The van der Waals surface area contributed by atoms with Crippen LogP contribution in [0.3, 0.4) is 0 Å². The van der Waals surface area contributed by atoms with Crippen LogP contribution in [0.25, 0.3) is 5.65 Å². The van der Waals surface area contributed by atoms with Crippen LogP contribution in [-0.4, -0.2) is 40.9 Å². The molecule has 2 N–H and O–H groups in total. The Bertz CT molecular complexity index is 683. The summed E-state index contributed by atoms with van der Waals surface area (Å²) in [6.45, 7) is 3.13. The second-order valence-electron chi connectivity index (χ2n) is 5.89. The predicted octanol–water partition coefficient (Wildman–Crippen LogP) is 1.08. The molecule has 0 radical (unpaired) electrons. The van der Waals surface area contributed by atoms with Crippen molar-refractivity contribution in [2.75, 3.05) is 26.4 Å². The van der Waals surface area contributed by atoms with Gasteiger partial charge in [0, 0.05) is 37.9 Å². The quantitative estimate of drug-likeness (QED) is 0.834. The van der Waals surface area contributed by atoms with E-state index in [1.165, 1.54) is 0 Å². The van der Waals surface area contributed by atoms with E-state index in [9.17, 15) is 5.11 Å². The molecule has 0 amide bonds.